The van der Waals surface area contributed by atoms with E-state index in [0.717, 1.165) is 5.56 Å². The highest BCUT2D eigenvalue weighted by Crippen LogP contribution is 2.22. The van der Waals surface area contributed by atoms with Crippen LogP contribution in [0.25, 0.3) is 0 Å². The van der Waals surface area contributed by atoms with Crippen molar-refractivity contribution < 1.29 is 14.5 Å². The second kappa shape index (κ2) is 5.66. The molecule has 1 heterocycles. The van der Waals surface area contributed by atoms with Crippen LogP contribution in [0.4, 0.5) is 16.2 Å². The number of amides is 2. The van der Waals surface area contributed by atoms with E-state index in [2.05, 4.69) is 5.32 Å². The Morgan fingerprint density at radius 2 is 2.11 bits per heavy atom. The Hall–Kier alpha value is -2.15. The smallest absolute Gasteiger partial charge is 0.322 e. The first kappa shape index (κ1) is 13.3. The van der Waals surface area contributed by atoms with Gasteiger partial charge in [0.2, 0.25) is 0 Å². The highest BCUT2D eigenvalue weighted by atomic mass is 16.6. The van der Waals surface area contributed by atoms with Gasteiger partial charge < -0.3 is 15.0 Å². The molecule has 0 bridgehead atoms. The average Bonchev–Trinajstić information content (AvgIpc) is 2.42. The predicted molar refractivity (Wildman–Crippen MR) is 69.2 cm³/mol. The zero-order chi connectivity index (χ0) is 13.8. The standard InChI is InChI=1S/C12H15N3O4/c1-9-2-3-10(15(17)18)8-11(9)13-12(16)14-4-6-19-7-5-14/h2-3,8H,4-7H2,1H3,(H,13,16). The largest absolute Gasteiger partial charge is 0.378 e. The van der Waals surface area contributed by atoms with Crippen LogP contribution >= 0.6 is 0 Å². The van der Waals surface area contributed by atoms with E-state index in [-0.39, 0.29) is 11.7 Å². The van der Waals surface area contributed by atoms with Crippen LogP contribution in [0, 0.1) is 17.0 Å². The van der Waals surface area contributed by atoms with Gasteiger partial charge in [-0.2, -0.15) is 0 Å². The van der Waals surface area contributed by atoms with Gasteiger partial charge in [0, 0.05) is 25.2 Å². The molecular weight excluding hydrogens is 250 g/mol. The van der Waals surface area contributed by atoms with Crippen molar-refractivity contribution in [1.82, 2.24) is 4.90 Å². The lowest BCUT2D eigenvalue weighted by molar-refractivity contribution is -0.384. The van der Waals surface area contributed by atoms with Crippen molar-refractivity contribution in [3.05, 3.63) is 33.9 Å². The predicted octanol–water partition coefficient (Wildman–Crippen LogP) is 1.77. The number of nitrogens with one attached hydrogen (secondary N) is 1. The fourth-order valence-corrected chi connectivity index (χ4v) is 1.82. The lowest BCUT2D eigenvalue weighted by atomic mass is 10.2. The monoisotopic (exact) mass is 265 g/mol. The minimum Gasteiger partial charge on any atom is -0.378 e. The molecule has 0 radical (unpaired) electrons. The molecule has 1 aliphatic heterocycles. The fourth-order valence-electron chi connectivity index (χ4n) is 1.82. The minimum atomic E-state index is -0.482. The Labute approximate surface area is 110 Å². The van der Waals surface area contributed by atoms with Gasteiger partial charge >= 0.3 is 6.03 Å². The first-order valence-corrected chi connectivity index (χ1v) is 5.96. The van der Waals surface area contributed by atoms with E-state index >= 15 is 0 Å². The van der Waals surface area contributed by atoms with E-state index in [1.165, 1.54) is 12.1 Å². The molecule has 0 unspecified atom stereocenters. The molecule has 1 N–H and O–H groups in total. The van der Waals surface area contributed by atoms with Crippen molar-refractivity contribution in [2.75, 3.05) is 31.6 Å². The van der Waals surface area contributed by atoms with E-state index in [1.807, 2.05) is 0 Å². The molecule has 0 spiro atoms. The number of hydrogen-bond donors (Lipinski definition) is 1. The number of hydrogen-bond acceptors (Lipinski definition) is 4. The molecule has 1 aliphatic rings. The first-order chi connectivity index (χ1) is 9.08. The SMILES string of the molecule is Cc1ccc([N+](=O)[O-])cc1NC(=O)N1CCOCC1. The summed E-state index contributed by atoms with van der Waals surface area (Å²) in [5.74, 6) is 0. The lowest BCUT2D eigenvalue weighted by Crippen LogP contribution is -2.43. The molecular formula is C12H15N3O4. The summed E-state index contributed by atoms with van der Waals surface area (Å²) in [5.41, 5.74) is 1.21. The van der Waals surface area contributed by atoms with Crippen LogP contribution in [0.15, 0.2) is 18.2 Å². The number of rotatable bonds is 2. The molecule has 1 saturated heterocycles. The van der Waals surface area contributed by atoms with E-state index in [4.69, 9.17) is 4.74 Å². The fraction of sp³-hybridized carbons (Fsp3) is 0.417. The molecule has 7 nitrogen and oxygen atoms in total. The summed E-state index contributed by atoms with van der Waals surface area (Å²) in [7, 11) is 0. The summed E-state index contributed by atoms with van der Waals surface area (Å²) in [6, 6.07) is 4.15. The second-order valence-electron chi connectivity index (χ2n) is 4.29. The number of benzene rings is 1. The van der Waals surface area contributed by atoms with Gasteiger partial charge in [0.05, 0.1) is 23.8 Å². The highest BCUT2D eigenvalue weighted by molar-refractivity contribution is 5.90. The van der Waals surface area contributed by atoms with Gasteiger partial charge in [-0.15, -0.1) is 0 Å². The van der Waals surface area contributed by atoms with Crippen LogP contribution in [-0.2, 0) is 4.74 Å². The van der Waals surface area contributed by atoms with Crippen LogP contribution in [0.1, 0.15) is 5.56 Å². The number of nitrogens with zero attached hydrogens (tertiary/aromatic N) is 2. The number of anilines is 1. The summed E-state index contributed by atoms with van der Waals surface area (Å²) in [6.07, 6.45) is 0. The Morgan fingerprint density at radius 3 is 2.74 bits per heavy atom. The lowest BCUT2D eigenvalue weighted by Gasteiger charge is -2.27. The topological polar surface area (TPSA) is 84.7 Å². The molecule has 0 aliphatic carbocycles. The molecule has 0 atom stereocenters. The third-order valence-electron chi connectivity index (χ3n) is 2.97. The molecule has 19 heavy (non-hydrogen) atoms. The molecule has 1 aromatic carbocycles. The van der Waals surface area contributed by atoms with Gasteiger partial charge in [0.15, 0.2) is 0 Å². The molecule has 0 saturated carbocycles. The molecule has 0 aromatic heterocycles. The van der Waals surface area contributed by atoms with Gasteiger partial charge in [0.1, 0.15) is 0 Å². The zero-order valence-corrected chi connectivity index (χ0v) is 10.6. The number of carbonyl (C=O) groups is 1. The molecule has 7 heteroatoms. The van der Waals surface area contributed by atoms with Gasteiger partial charge in [-0.05, 0) is 12.5 Å². The normalized spacial score (nSPS) is 15.1. The number of nitro benzene ring substituents is 1. The van der Waals surface area contributed by atoms with Gasteiger partial charge in [-0.1, -0.05) is 6.07 Å². The number of aryl methyl sites for hydroxylation is 1. The van der Waals surface area contributed by atoms with Gasteiger partial charge in [0.25, 0.3) is 5.69 Å². The van der Waals surface area contributed by atoms with E-state index in [9.17, 15) is 14.9 Å². The summed E-state index contributed by atoms with van der Waals surface area (Å²) >= 11 is 0. The van der Waals surface area contributed by atoms with Crippen LogP contribution in [0.2, 0.25) is 0 Å². The Kier molecular flexibility index (Phi) is 3.96. The van der Waals surface area contributed by atoms with Crippen molar-refractivity contribution in [1.29, 1.82) is 0 Å². The Balaban J connectivity index is 2.11. The number of morpholine rings is 1. The van der Waals surface area contributed by atoms with Gasteiger partial charge in [-0.3, -0.25) is 10.1 Å². The van der Waals surface area contributed by atoms with Crippen LogP contribution in [0.5, 0.6) is 0 Å². The molecule has 102 valence electrons. The van der Waals surface area contributed by atoms with Crippen molar-refractivity contribution in [3.8, 4) is 0 Å². The first-order valence-electron chi connectivity index (χ1n) is 5.96. The van der Waals surface area contributed by atoms with Crippen LogP contribution < -0.4 is 5.32 Å². The van der Waals surface area contributed by atoms with Crippen molar-refractivity contribution >= 4 is 17.4 Å². The van der Waals surface area contributed by atoms with Crippen molar-refractivity contribution in [2.45, 2.75) is 6.92 Å². The van der Waals surface area contributed by atoms with Crippen LogP contribution in [-0.4, -0.2) is 42.2 Å². The quantitative estimate of drug-likeness (QED) is 0.652. The molecule has 1 fully saturated rings. The third kappa shape index (κ3) is 3.19. The Morgan fingerprint density at radius 1 is 1.42 bits per heavy atom. The minimum absolute atomic E-state index is 0.0390. The maximum absolute atomic E-state index is 12.0. The molecule has 2 rings (SSSR count). The van der Waals surface area contributed by atoms with E-state index in [1.54, 1.807) is 17.9 Å². The summed E-state index contributed by atoms with van der Waals surface area (Å²) in [5, 5.41) is 13.4. The summed E-state index contributed by atoms with van der Waals surface area (Å²) < 4.78 is 5.16. The van der Waals surface area contributed by atoms with Crippen molar-refractivity contribution in [2.24, 2.45) is 0 Å². The number of nitro groups is 1. The second-order valence-corrected chi connectivity index (χ2v) is 4.29. The maximum atomic E-state index is 12.0. The third-order valence-corrected chi connectivity index (χ3v) is 2.97. The maximum Gasteiger partial charge on any atom is 0.322 e. The Bertz CT molecular complexity index is 498. The molecule has 1 aromatic rings. The van der Waals surface area contributed by atoms with Crippen LogP contribution in [0.3, 0.4) is 0 Å². The zero-order valence-electron chi connectivity index (χ0n) is 10.6. The average molecular weight is 265 g/mol. The van der Waals surface area contributed by atoms with Crippen molar-refractivity contribution in [3.63, 3.8) is 0 Å². The number of urea groups is 1. The van der Waals surface area contributed by atoms with Gasteiger partial charge in [-0.25, -0.2) is 4.79 Å². The van der Waals surface area contributed by atoms with E-state index in [0.29, 0.717) is 32.0 Å². The number of non-ortho nitro benzene ring substituents is 1. The number of carbonyl (C=O) groups excluding carboxylic acids is 1. The van der Waals surface area contributed by atoms with E-state index < -0.39 is 4.92 Å². The summed E-state index contributed by atoms with van der Waals surface area (Å²) in [4.78, 5) is 23.9. The highest BCUT2D eigenvalue weighted by Gasteiger charge is 2.18. The number of ether oxygens (including phenoxy) is 1. The summed E-state index contributed by atoms with van der Waals surface area (Å²) in [6.45, 7) is 3.88. The molecule has 2 amide bonds.